The van der Waals surface area contributed by atoms with Gasteiger partial charge in [0.15, 0.2) is 0 Å². The second-order valence-electron chi connectivity index (χ2n) is 5.72. The first-order valence-corrected chi connectivity index (χ1v) is 8.16. The third kappa shape index (κ3) is 3.93. The first-order chi connectivity index (χ1) is 9.47. The second-order valence-corrected chi connectivity index (χ2v) is 7.02. The molecule has 2 rings (SSSR count). The smallest absolute Gasteiger partial charge is 0.104 e. The predicted molar refractivity (Wildman–Crippen MR) is 93.5 cm³/mol. The fourth-order valence-corrected chi connectivity index (χ4v) is 3.55. The third-order valence-electron chi connectivity index (χ3n) is 3.81. The zero-order chi connectivity index (χ0) is 14.7. The van der Waals surface area contributed by atoms with Crippen LogP contribution in [0.2, 0.25) is 0 Å². The Morgan fingerprint density at radius 2 is 2.05 bits per heavy atom. The van der Waals surface area contributed by atoms with E-state index in [0.717, 1.165) is 29.0 Å². The highest BCUT2D eigenvalue weighted by atomic mass is 79.9. The Labute approximate surface area is 135 Å². The zero-order valence-electron chi connectivity index (χ0n) is 12.1. The summed E-state index contributed by atoms with van der Waals surface area (Å²) in [7, 11) is 4.30. The Morgan fingerprint density at radius 3 is 2.55 bits per heavy atom. The summed E-state index contributed by atoms with van der Waals surface area (Å²) in [6.45, 7) is 3.42. The van der Waals surface area contributed by atoms with Crippen LogP contribution in [-0.4, -0.2) is 43.6 Å². The minimum absolute atomic E-state index is 0.446. The van der Waals surface area contributed by atoms with E-state index in [-0.39, 0.29) is 0 Å². The Hall–Kier alpha value is -0.650. The van der Waals surface area contributed by atoms with Crippen molar-refractivity contribution in [1.29, 1.82) is 0 Å². The molecule has 0 bridgehead atoms. The van der Waals surface area contributed by atoms with Gasteiger partial charge in [-0.3, -0.25) is 0 Å². The number of piperidine rings is 1. The molecular weight excluding hydrogens is 334 g/mol. The normalized spacial score (nSPS) is 16.7. The van der Waals surface area contributed by atoms with Crippen molar-refractivity contribution in [3.63, 3.8) is 0 Å². The van der Waals surface area contributed by atoms with Gasteiger partial charge in [0, 0.05) is 29.7 Å². The molecule has 0 spiro atoms. The number of hydrogen-bond acceptors (Lipinski definition) is 3. The highest BCUT2D eigenvalue weighted by Gasteiger charge is 2.21. The second kappa shape index (κ2) is 6.87. The molecule has 1 aromatic carbocycles. The largest absolute Gasteiger partial charge is 0.389 e. The number of anilines is 1. The lowest BCUT2D eigenvalue weighted by Crippen LogP contribution is -2.37. The first-order valence-electron chi connectivity index (χ1n) is 6.96. The SMILES string of the molecule is CN(C)CC1CCN(c2ccc(C(N)=S)cc2Br)CC1. The van der Waals surface area contributed by atoms with E-state index < -0.39 is 0 Å². The molecule has 0 atom stereocenters. The zero-order valence-corrected chi connectivity index (χ0v) is 14.5. The molecule has 110 valence electrons. The summed E-state index contributed by atoms with van der Waals surface area (Å²) in [6.07, 6.45) is 2.50. The number of nitrogens with zero attached hydrogens (tertiary/aromatic N) is 2. The average Bonchev–Trinajstić information content (AvgIpc) is 2.39. The lowest BCUT2D eigenvalue weighted by Gasteiger charge is -2.35. The molecule has 0 amide bonds. The molecule has 1 saturated heterocycles. The molecule has 3 nitrogen and oxygen atoms in total. The number of rotatable bonds is 4. The maximum absolute atomic E-state index is 5.67. The van der Waals surface area contributed by atoms with Gasteiger partial charge in [-0.05, 0) is 67.0 Å². The Morgan fingerprint density at radius 1 is 1.40 bits per heavy atom. The highest BCUT2D eigenvalue weighted by Crippen LogP contribution is 2.31. The topological polar surface area (TPSA) is 32.5 Å². The molecule has 2 N–H and O–H groups in total. The van der Waals surface area contributed by atoms with Crippen LogP contribution in [0.1, 0.15) is 18.4 Å². The molecule has 0 radical (unpaired) electrons. The number of thiocarbonyl (C=S) groups is 1. The number of benzene rings is 1. The summed E-state index contributed by atoms with van der Waals surface area (Å²) in [4.78, 5) is 5.18. The van der Waals surface area contributed by atoms with Crippen LogP contribution in [0, 0.1) is 5.92 Å². The van der Waals surface area contributed by atoms with E-state index in [4.69, 9.17) is 18.0 Å². The maximum Gasteiger partial charge on any atom is 0.104 e. The molecule has 0 saturated carbocycles. The lowest BCUT2D eigenvalue weighted by atomic mass is 9.96. The highest BCUT2D eigenvalue weighted by molar-refractivity contribution is 9.10. The standard InChI is InChI=1S/C15H22BrN3S/c1-18(2)10-11-5-7-19(8-6-11)14-4-3-12(15(17)20)9-13(14)16/h3-4,9,11H,5-8,10H2,1-2H3,(H2,17,20). The Bertz CT molecular complexity index is 482. The van der Waals surface area contributed by atoms with E-state index >= 15 is 0 Å². The number of nitrogens with two attached hydrogens (primary N) is 1. The van der Waals surface area contributed by atoms with Crippen molar-refractivity contribution in [2.45, 2.75) is 12.8 Å². The molecule has 0 unspecified atom stereocenters. The van der Waals surface area contributed by atoms with Gasteiger partial charge in [-0.1, -0.05) is 12.2 Å². The van der Waals surface area contributed by atoms with Crippen molar-refractivity contribution in [3.8, 4) is 0 Å². The third-order valence-corrected chi connectivity index (χ3v) is 4.68. The molecule has 1 fully saturated rings. The average molecular weight is 356 g/mol. The van der Waals surface area contributed by atoms with Gasteiger partial charge in [0.1, 0.15) is 4.99 Å². The van der Waals surface area contributed by atoms with E-state index in [1.807, 2.05) is 12.1 Å². The van der Waals surface area contributed by atoms with Crippen LogP contribution < -0.4 is 10.6 Å². The number of halogens is 1. The molecule has 1 aliphatic rings. The molecule has 0 aromatic heterocycles. The van der Waals surface area contributed by atoms with Crippen molar-refractivity contribution < 1.29 is 0 Å². The molecule has 1 aliphatic heterocycles. The van der Waals surface area contributed by atoms with E-state index in [0.29, 0.717) is 4.99 Å². The summed E-state index contributed by atoms with van der Waals surface area (Å²) >= 11 is 8.66. The molecule has 20 heavy (non-hydrogen) atoms. The van der Waals surface area contributed by atoms with Crippen LogP contribution in [-0.2, 0) is 0 Å². The van der Waals surface area contributed by atoms with Gasteiger partial charge >= 0.3 is 0 Å². The summed E-state index contributed by atoms with van der Waals surface area (Å²) in [6, 6.07) is 6.14. The van der Waals surface area contributed by atoms with E-state index in [2.05, 4.69) is 45.9 Å². The van der Waals surface area contributed by atoms with Crippen LogP contribution >= 0.6 is 28.1 Å². The molecule has 0 aliphatic carbocycles. The molecular formula is C15H22BrN3S. The van der Waals surface area contributed by atoms with Crippen molar-refractivity contribution in [1.82, 2.24) is 4.90 Å². The van der Waals surface area contributed by atoms with Gasteiger partial charge in [0.2, 0.25) is 0 Å². The lowest BCUT2D eigenvalue weighted by molar-refractivity contribution is 0.285. The van der Waals surface area contributed by atoms with Crippen molar-refractivity contribution in [2.24, 2.45) is 11.7 Å². The van der Waals surface area contributed by atoms with Gasteiger partial charge in [-0.25, -0.2) is 0 Å². The monoisotopic (exact) mass is 355 g/mol. The van der Waals surface area contributed by atoms with Crippen LogP contribution in [0.3, 0.4) is 0 Å². The van der Waals surface area contributed by atoms with E-state index in [1.54, 1.807) is 0 Å². The summed E-state index contributed by atoms with van der Waals surface area (Å²) in [5.41, 5.74) is 7.83. The minimum atomic E-state index is 0.446. The predicted octanol–water partition coefficient (Wildman–Crippen LogP) is 2.86. The van der Waals surface area contributed by atoms with Gasteiger partial charge in [0.05, 0.1) is 5.69 Å². The molecule has 5 heteroatoms. The van der Waals surface area contributed by atoms with Crippen molar-refractivity contribution in [2.75, 3.05) is 38.6 Å². The maximum atomic E-state index is 5.67. The van der Waals surface area contributed by atoms with Crippen LogP contribution in [0.5, 0.6) is 0 Å². The summed E-state index contributed by atoms with van der Waals surface area (Å²) in [5, 5.41) is 0. The fraction of sp³-hybridized carbons (Fsp3) is 0.533. The van der Waals surface area contributed by atoms with E-state index in [9.17, 15) is 0 Å². The summed E-state index contributed by atoms with van der Waals surface area (Å²) in [5.74, 6) is 0.816. The van der Waals surface area contributed by atoms with Gasteiger partial charge in [0.25, 0.3) is 0 Å². The summed E-state index contributed by atoms with van der Waals surface area (Å²) < 4.78 is 1.08. The molecule has 1 heterocycles. The van der Waals surface area contributed by atoms with Crippen LogP contribution in [0.25, 0.3) is 0 Å². The van der Waals surface area contributed by atoms with Crippen molar-refractivity contribution in [3.05, 3.63) is 28.2 Å². The Balaban J connectivity index is 2.02. The van der Waals surface area contributed by atoms with Crippen LogP contribution in [0.15, 0.2) is 22.7 Å². The van der Waals surface area contributed by atoms with E-state index in [1.165, 1.54) is 25.1 Å². The number of hydrogen-bond donors (Lipinski definition) is 1. The molecule has 1 aromatic rings. The quantitative estimate of drug-likeness (QED) is 0.841. The first kappa shape index (κ1) is 15.7. The van der Waals surface area contributed by atoms with Gasteiger partial charge < -0.3 is 15.5 Å². The fourth-order valence-electron chi connectivity index (χ4n) is 2.79. The van der Waals surface area contributed by atoms with Crippen molar-refractivity contribution >= 4 is 38.8 Å². The van der Waals surface area contributed by atoms with Gasteiger partial charge in [-0.15, -0.1) is 0 Å². The van der Waals surface area contributed by atoms with Gasteiger partial charge in [-0.2, -0.15) is 0 Å². The minimum Gasteiger partial charge on any atom is -0.389 e. The van der Waals surface area contributed by atoms with Crippen LogP contribution in [0.4, 0.5) is 5.69 Å². The Kier molecular flexibility index (Phi) is 5.41.